The molecule has 0 radical (unpaired) electrons. The van der Waals surface area contributed by atoms with E-state index >= 15 is 0 Å². The highest BCUT2D eigenvalue weighted by Gasteiger charge is 2.20. The van der Waals surface area contributed by atoms with E-state index in [-0.39, 0.29) is 0 Å². The zero-order valence-corrected chi connectivity index (χ0v) is 32.3. The summed E-state index contributed by atoms with van der Waals surface area (Å²) >= 11 is 0. The lowest BCUT2D eigenvalue weighted by Crippen LogP contribution is -2.01. The molecule has 0 aliphatic carbocycles. The summed E-state index contributed by atoms with van der Waals surface area (Å²) in [5.41, 5.74) is 7.46. The van der Waals surface area contributed by atoms with Crippen molar-refractivity contribution >= 4 is 64.6 Å². The average Bonchev–Trinajstić information content (AvgIpc) is 3.32. The largest absolute Gasteiger partial charge is 0.208 e. The lowest BCUT2D eigenvalue weighted by atomic mass is 9.87. The molecular weight excluding hydrogens is 729 g/mol. The first-order chi connectivity index (χ1) is 29.7. The molecule has 0 bridgehead atoms. The fourth-order valence-corrected chi connectivity index (χ4v) is 9.29. The smallest absolute Gasteiger partial charge is 0.164 e. The third-order valence-electron chi connectivity index (χ3n) is 12.0. The minimum Gasteiger partial charge on any atom is -0.208 e. The van der Waals surface area contributed by atoms with Crippen LogP contribution in [0.5, 0.6) is 0 Å². The second-order valence-electron chi connectivity index (χ2n) is 15.5. The van der Waals surface area contributed by atoms with Crippen LogP contribution in [0.4, 0.5) is 0 Å². The van der Waals surface area contributed by atoms with Gasteiger partial charge in [-0.1, -0.05) is 164 Å². The summed E-state index contributed by atoms with van der Waals surface area (Å²) in [6.45, 7) is 0. The summed E-state index contributed by atoms with van der Waals surface area (Å²) < 4.78 is 0. The number of nitriles is 1. The summed E-state index contributed by atoms with van der Waals surface area (Å²) in [6, 6.07) is 70.6. The summed E-state index contributed by atoms with van der Waals surface area (Å²) in [5.74, 6) is 1.75. The number of aromatic nitrogens is 3. The molecule has 4 nitrogen and oxygen atoms in total. The van der Waals surface area contributed by atoms with Gasteiger partial charge in [-0.2, -0.15) is 5.26 Å². The quantitative estimate of drug-likeness (QED) is 0.164. The van der Waals surface area contributed by atoms with Crippen molar-refractivity contribution in [1.82, 2.24) is 15.0 Å². The van der Waals surface area contributed by atoms with Crippen LogP contribution < -0.4 is 0 Å². The summed E-state index contributed by atoms with van der Waals surface area (Å²) in [6.07, 6.45) is 0. The van der Waals surface area contributed by atoms with E-state index in [1.807, 2.05) is 42.5 Å². The third kappa shape index (κ3) is 5.34. The average molecular weight is 761 g/mol. The van der Waals surface area contributed by atoms with Gasteiger partial charge < -0.3 is 0 Å². The molecule has 276 valence electrons. The van der Waals surface area contributed by atoms with Gasteiger partial charge in [-0.3, -0.25) is 0 Å². The number of hydrogen-bond acceptors (Lipinski definition) is 4. The minimum absolute atomic E-state index is 0.574. The molecular formula is C56H32N4. The number of rotatable bonds is 5. The Hall–Kier alpha value is -8.26. The molecule has 0 spiro atoms. The standard InChI is InChI=1S/C56H32N4/c57-33-34-22-24-36(25-23-34)44-17-4-5-18-48(44)56-59-54(42-16-6-15-40(30-42)35-10-2-1-3-11-35)58-55(60-56)43-31-41-29-28-39-13-8-20-46-45-19-7-12-37-26-27-38-14-9-21-47(52(38)50(37)45)49(32-43)53(41)51(39)46/h1-32H. The van der Waals surface area contributed by atoms with Crippen molar-refractivity contribution in [2.45, 2.75) is 0 Å². The molecule has 0 aliphatic rings. The number of benzene rings is 10. The predicted molar refractivity (Wildman–Crippen MR) is 248 cm³/mol. The van der Waals surface area contributed by atoms with Crippen LogP contribution in [0.25, 0.3) is 121 Å². The van der Waals surface area contributed by atoms with E-state index in [0.29, 0.717) is 23.0 Å². The highest BCUT2D eigenvalue weighted by Crippen LogP contribution is 2.44. The Kier molecular flexibility index (Phi) is 7.57. The summed E-state index contributed by atoms with van der Waals surface area (Å²) in [5, 5.41) is 24.1. The van der Waals surface area contributed by atoms with E-state index in [2.05, 4.69) is 158 Å². The van der Waals surface area contributed by atoms with Gasteiger partial charge in [-0.25, -0.2) is 15.0 Å². The molecule has 11 aromatic carbocycles. The van der Waals surface area contributed by atoms with E-state index in [4.69, 9.17) is 15.0 Å². The van der Waals surface area contributed by atoms with Crippen LogP contribution in [0.3, 0.4) is 0 Å². The van der Waals surface area contributed by atoms with E-state index in [0.717, 1.165) is 49.7 Å². The lowest BCUT2D eigenvalue weighted by molar-refractivity contribution is 1.08. The molecule has 4 heteroatoms. The fourth-order valence-electron chi connectivity index (χ4n) is 9.29. The molecule has 1 aromatic heterocycles. The zero-order chi connectivity index (χ0) is 39.7. The molecule has 0 saturated carbocycles. The SMILES string of the molecule is N#Cc1ccc(-c2ccccc2-c2nc(-c3cccc(-c4ccccc4)c3)nc(-c3cc4ccc5cccc6c7cccc8ccc9cccc(c(c3)c4c56)c9c87)n2)cc1. The van der Waals surface area contributed by atoms with Gasteiger partial charge in [0.05, 0.1) is 11.6 Å². The van der Waals surface area contributed by atoms with E-state index in [1.54, 1.807) is 0 Å². The second-order valence-corrected chi connectivity index (χ2v) is 15.5. The van der Waals surface area contributed by atoms with Crippen molar-refractivity contribution in [2.24, 2.45) is 0 Å². The van der Waals surface area contributed by atoms with Gasteiger partial charge in [0.25, 0.3) is 0 Å². The highest BCUT2D eigenvalue weighted by atomic mass is 15.0. The maximum Gasteiger partial charge on any atom is 0.164 e. The topological polar surface area (TPSA) is 62.5 Å². The lowest BCUT2D eigenvalue weighted by Gasteiger charge is -2.17. The molecule has 0 fully saturated rings. The van der Waals surface area contributed by atoms with Crippen LogP contribution in [0, 0.1) is 11.3 Å². The van der Waals surface area contributed by atoms with Gasteiger partial charge in [-0.15, -0.1) is 0 Å². The molecule has 1 heterocycles. The summed E-state index contributed by atoms with van der Waals surface area (Å²) in [4.78, 5) is 15.9. The van der Waals surface area contributed by atoms with Crippen molar-refractivity contribution in [3.63, 3.8) is 0 Å². The summed E-state index contributed by atoms with van der Waals surface area (Å²) in [7, 11) is 0. The molecule has 0 aliphatic heterocycles. The monoisotopic (exact) mass is 760 g/mol. The first-order valence-electron chi connectivity index (χ1n) is 20.2. The Morgan fingerprint density at radius 3 is 1.45 bits per heavy atom. The molecule has 12 rings (SSSR count). The van der Waals surface area contributed by atoms with Gasteiger partial charge in [0.15, 0.2) is 17.5 Å². The van der Waals surface area contributed by atoms with Crippen LogP contribution in [0.15, 0.2) is 194 Å². The van der Waals surface area contributed by atoms with Crippen molar-refractivity contribution in [3.8, 4) is 62.5 Å². The van der Waals surface area contributed by atoms with Gasteiger partial charge in [-0.05, 0) is 117 Å². The minimum atomic E-state index is 0.574. The Morgan fingerprint density at radius 2 is 0.800 bits per heavy atom. The molecule has 0 N–H and O–H groups in total. The highest BCUT2D eigenvalue weighted by molar-refractivity contribution is 6.37. The zero-order valence-electron chi connectivity index (χ0n) is 32.3. The van der Waals surface area contributed by atoms with Gasteiger partial charge in [0, 0.05) is 16.7 Å². The van der Waals surface area contributed by atoms with Crippen LogP contribution in [-0.4, -0.2) is 15.0 Å². The van der Waals surface area contributed by atoms with Crippen LogP contribution in [-0.2, 0) is 0 Å². The van der Waals surface area contributed by atoms with Crippen molar-refractivity contribution < 1.29 is 0 Å². The van der Waals surface area contributed by atoms with E-state index in [1.165, 1.54) is 53.9 Å². The maximum atomic E-state index is 9.54. The Morgan fingerprint density at radius 1 is 0.300 bits per heavy atom. The third-order valence-corrected chi connectivity index (χ3v) is 12.0. The molecule has 60 heavy (non-hydrogen) atoms. The normalized spacial score (nSPS) is 11.7. The van der Waals surface area contributed by atoms with Crippen LogP contribution in [0.1, 0.15) is 5.56 Å². The van der Waals surface area contributed by atoms with Crippen LogP contribution in [0.2, 0.25) is 0 Å². The first kappa shape index (κ1) is 33.8. The van der Waals surface area contributed by atoms with E-state index in [9.17, 15) is 5.26 Å². The molecule has 12 aromatic rings. The van der Waals surface area contributed by atoms with E-state index < -0.39 is 0 Å². The number of fused-ring (bicyclic) bond motifs is 2. The van der Waals surface area contributed by atoms with Gasteiger partial charge in [0.1, 0.15) is 0 Å². The maximum absolute atomic E-state index is 9.54. The van der Waals surface area contributed by atoms with Crippen molar-refractivity contribution in [1.29, 1.82) is 5.26 Å². The molecule has 0 amide bonds. The second kappa shape index (κ2) is 13.4. The first-order valence-corrected chi connectivity index (χ1v) is 20.2. The Bertz CT molecular complexity index is 3710. The molecule has 0 atom stereocenters. The Labute approximate surface area is 345 Å². The fraction of sp³-hybridized carbons (Fsp3) is 0. The van der Waals surface area contributed by atoms with Crippen molar-refractivity contribution in [2.75, 3.05) is 0 Å². The van der Waals surface area contributed by atoms with Gasteiger partial charge >= 0.3 is 0 Å². The number of hydrogen-bond donors (Lipinski definition) is 0. The van der Waals surface area contributed by atoms with Gasteiger partial charge in [0.2, 0.25) is 0 Å². The van der Waals surface area contributed by atoms with Crippen molar-refractivity contribution in [3.05, 3.63) is 200 Å². The molecule has 0 saturated heterocycles. The molecule has 0 unspecified atom stereocenters. The Balaban J connectivity index is 1.18. The van der Waals surface area contributed by atoms with Crippen LogP contribution >= 0.6 is 0 Å². The predicted octanol–water partition coefficient (Wildman–Crippen LogP) is 14.4. The number of nitrogens with zero attached hydrogens (tertiary/aromatic N) is 4.